The molecule has 2 amide bonds. The summed E-state index contributed by atoms with van der Waals surface area (Å²) in [6.07, 6.45) is 3.76. The van der Waals surface area contributed by atoms with Crippen molar-refractivity contribution in [2.45, 2.75) is 38.5 Å². The van der Waals surface area contributed by atoms with Crippen LogP contribution < -0.4 is 0 Å². The van der Waals surface area contributed by atoms with Gasteiger partial charge in [0.2, 0.25) is 11.8 Å². The predicted octanol–water partition coefficient (Wildman–Crippen LogP) is 2.34. The minimum absolute atomic E-state index is 0.231. The van der Waals surface area contributed by atoms with Crippen LogP contribution in [-0.4, -0.2) is 72.3 Å². The molecule has 3 rings (SSSR count). The highest BCUT2D eigenvalue weighted by Gasteiger charge is 2.24. The molecule has 2 heterocycles. The summed E-state index contributed by atoms with van der Waals surface area (Å²) in [7, 11) is 0. The number of nitrogens with zero attached hydrogens (tertiary/aromatic N) is 3. The molecule has 0 bridgehead atoms. The summed E-state index contributed by atoms with van der Waals surface area (Å²) in [5, 5.41) is 0. The zero-order valence-electron chi connectivity index (χ0n) is 15.9. The lowest BCUT2D eigenvalue weighted by Gasteiger charge is -2.24. The third-order valence-electron chi connectivity index (χ3n) is 5.61. The van der Waals surface area contributed by atoms with Gasteiger partial charge in [-0.25, -0.2) is 0 Å². The van der Waals surface area contributed by atoms with Gasteiger partial charge in [0, 0.05) is 45.7 Å². The Bertz CT molecular complexity index is 599. The smallest absolute Gasteiger partial charge is 0.236 e. The number of hydrogen-bond donors (Lipinski definition) is 0. The minimum Gasteiger partial charge on any atom is -0.342 e. The van der Waals surface area contributed by atoms with Crippen molar-refractivity contribution in [3.05, 3.63) is 35.9 Å². The van der Waals surface area contributed by atoms with Crippen LogP contribution in [0, 0.1) is 0 Å². The van der Waals surface area contributed by atoms with E-state index in [4.69, 9.17) is 0 Å². The Morgan fingerprint density at radius 2 is 1.50 bits per heavy atom. The molecule has 1 atom stereocenters. The van der Waals surface area contributed by atoms with E-state index < -0.39 is 0 Å². The van der Waals surface area contributed by atoms with Crippen LogP contribution in [0.3, 0.4) is 0 Å². The summed E-state index contributed by atoms with van der Waals surface area (Å²) >= 11 is 0. The van der Waals surface area contributed by atoms with E-state index in [0.29, 0.717) is 13.0 Å². The van der Waals surface area contributed by atoms with Crippen molar-refractivity contribution in [1.82, 2.24) is 14.7 Å². The van der Waals surface area contributed by atoms with Crippen LogP contribution in [0.15, 0.2) is 30.3 Å². The molecule has 26 heavy (non-hydrogen) atoms. The molecule has 2 aliphatic heterocycles. The van der Waals surface area contributed by atoms with E-state index in [9.17, 15) is 9.59 Å². The number of benzene rings is 1. The molecule has 2 fully saturated rings. The van der Waals surface area contributed by atoms with Gasteiger partial charge in [0.05, 0.1) is 6.54 Å². The summed E-state index contributed by atoms with van der Waals surface area (Å²) in [5.74, 6) is 0.717. The van der Waals surface area contributed by atoms with Gasteiger partial charge in [0.25, 0.3) is 0 Å². The molecular formula is C21H31N3O2. The van der Waals surface area contributed by atoms with Crippen molar-refractivity contribution in [2.75, 3.05) is 45.8 Å². The lowest BCUT2D eigenvalue weighted by molar-refractivity contribution is -0.131. The van der Waals surface area contributed by atoms with E-state index in [1.807, 2.05) is 28.0 Å². The minimum atomic E-state index is 0.231. The van der Waals surface area contributed by atoms with Crippen molar-refractivity contribution < 1.29 is 9.59 Å². The lowest BCUT2D eigenvalue weighted by Crippen LogP contribution is -2.41. The fourth-order valence-electron chi connectivity index (χ4n) is 3.93. The maximum Gasteiger partial charge on any atom is 0.236 e. The third-order valence-corrected chi connectivity index (χ3v) is 5.61. The second-order valence-corrected chi connectivity index (χ2v) is 7.61. The second-order valence-electron chi connectivity index (χ2n) is 7.61. The van der Waals surface area contributed by atoms with E-state index in [0.717, 1.165) is 58.5 Å². The number of carbonyl (C=O) groups is 2. The molecule has 0 spiro atoms. The number of likely N-dealkylation sites (tertiary alicyclic amines) is 1. The quantitative estimate of drug-likeness (QED) is 0.812. The van der Waals surface area contributed by atoms with Gasteiger partial charge in [-0.2, -0.15) is 0 Å². The highest BCUT2D eigenvalue weighted by Crippen LogP contribution is 2.20. The van der Waals surface area contributed by atoms with Crippen molar-refractivity contribution in [3.63, 3.8) is 0 Å². The summed E-state index contributed by atoms with van der Waals surface area (Å²) in [4.78, 5) is 31.2. The Morgan fingerprint density at radius 1 is 0.846 bits per heavy atom. The zero-order valence-corrected chi connectivity index (χ0v) is 15.9. The number of hydrogen-bond acceptors (Lipinski definition) is 3. The highest BCUT2D eigenvalue weighted by atomic mass is 16.2. The van der Waals surface area contributed by atoms with Crippen LogP contribution in [0.25, 0.3) is 0 Å². The van der Waals surface area contributed by atoms with Gasteiger partial charge < -0.3 is 9.80 Å². The largest absolute Gasteiger partial charge is 0.342 e. The predicted molar refractivity (Wildman–Crippen MR) is 103 cm³/mol. The third kappa shape index (κ3) is 5.07. The fourth-order valence-corrected chi connectivity index (χ4v) is 3.93. The van der Waals surface area contributed by atoms with E-state index in [1.54, 1.807) is 0 Å². The van der Waals surface area contributed by atoms with Crippen LogP contribution in [0.5, 0.6) is 0 Å². The summed E-state index contributed by atoms with van der Waals surface area (Å²) in [5.41, 5.74) is 1.22. The van der Waals surface area contributed by atoms with Gasteiger partial charge in [-0.05, 0) is 30.7 Å². The molecule has 5 heteroatoms. The molecule has 1 unspecified atom stereocenters. The standard InChI is InChI=1S/C21H31N3O2/c1-18(19-8-3-2-4-9-19)16-20(25)24-13-7-10-22(14-15-24)17-21(26)23-11-5-6-12-23/h2-4,8-9,18H,5-7,10-17H2,1H3. The number of amides is 2. The molecule has 0 aromatic heterocycles. The fraction of sp³-hybridized carbons (Fsp3) is 0.619. The van der Waals surface area contributed by atoms with Crippen LogP contribution >= 0.6 is 0 Å². The Labute approximate surface area is 156 Å². The van der Waals surface area contributed by atoms with E-state index >= 15 is 0 Å². The summed E-state index contributed by atoms with van der Waals surface area (Å²) < 4.78 is 0. The SMILES string of the molecule is CC(CC(=O)N1CCCN(CC(=O)N2CCCC2)CC1)c1ccccc1. The molecule has 0 radical (unpaired) electrons. The molecule has 0 aliphatic carbocycles. The van der Waals surface area contributed by atoms with Crippen LogP contribution in [-0.2, 0) is 9.59 Å². The van der Waals surface area contributed by atoms with Crippen LogP contribution in [0.1, 0.15) is 44.1 Å². The topological polar surface area (TPSA) is 43.9 Å². The monoisotopic (exact) mass is 357 g/mol. The van der Waals surface area contributed by atoms with Gasteiger partial charge in [-0.1, -0.05) is 37.3 Å². The Hall–Kier alpha value is -1.88. The average molecular weight is 357 g/mol. The van der Waals surface area contributed by atoms with Gasteiger partial charge in [0.1, 0.15) is 0 Å². The first kappa shape index (κ1) is 18.9. The summed E-state index contributed by atoms with van der Waals surface area (Å²) in [6, 6.07) is 10.2. The maximum atomic E-state index is 12.7. The molecule has 0 N–H and O–H groups in total. The van der Waals surface area contributed by atoms with E-state index in [-0.39, 0.29) is 17.7 Å². The molecule has 5 nitrogen and oxygen atoms in total. The molecule has 1 aromatic rings. The van der Waals surface area contributed by atoms with Crippen molar-refractivity contribution in [3.8, 4) is 0 Å². The van der Waals surface area contributed by atoms with Gasteiger partial charge in [0.15, 0.2) is 0 Å². The molecule has 2 aliphatic rings. The average Bonchev–Trinajstić information content (AvgIpc) is 3.10. The highest BCUT2D eigenvalue weighted by molar-refractivity contribution is 5.79. The Kier molecular flexibility index (Phi) is 6.67. The first-order valence-electron chi connectivity index (χ1n) is 9.96. The molecule has 1 aromatic carbocycles. The molecule has 0 saturated carbocycles. The Balaban J connectivity index is 1.46. The Morgan fingerprint density at radius 3 is 2.23 bits per heavy atom. The normalized spacial score (nSPS) is 20.0. The lowest BCUT2D eigenvalue weighted by atomic mass is 9.97. The second kappa shape index (κ2) is 9.17. The first-order valence-corrected chi connectivity index (χ1v) is 9.96. The van der Waals surface area contributed by atoms with Crippen LogP contribution in [0.2, 0.25) is 0 Å². The number of carbonyl (C=O) groups excluding carboxylic acids is 2. The van der Waals surface area contributed by atoms with E-state index in [1.165, 1.54) is 5.56 Å². The van der Waals surface area contributed by atoms with Crippen molar-refractivity contribution >= 4 is 11.8 Å². The molecule has 2 saturated heterocycles. The summed E-state index contributed by atoms with van der Waals surface area (Å²) in [6.45, 7) is 7.67. The van der Waals surface area contributed by atoms with E-state index in [2.05, 4.69) is 24.0 Å². The van der Waals surface area contributed by atoms with Gasteiger partial charge >= 0.3 is 0 Å². The van der Waals surface area contributed by atoms with Crippen molar-refractivity contribution in [1.29, 1.82) is 0 Å². The first-order chi connectivity index (χ1) is 12.6. The molecule has 142 valence electrons. The maximum absolute atomic E-state index is 12.7. The zero-order chi connectivity index (χ0) is 18.4. The molecular weight excluding hydrogens is 326 g/mol. The van der Waals surface area contributed by atoms with Crippen LogP contribution in [0.4, 0.5) is 0 Å². The van der Waals surface area contributed by atoms with Gasteiger partial charge in [-0.3, -0.25) is 14.5 Å². The van der Waals surface area contributed by atoms with Crippen molar-refractivity contribution in [2.24, 2.45) is 0 Å². The number of rotatable bonds is 5. The van der Waals surface area contributed by atoms with Gasteiger partial charge in [-0.15, -0.1) is 0 Å².